The van der Waals surface area contributed by atoms with Gasteiger partial charge in [0.1, 0.15) is 11.3 Å². The standard InChI is InChI=1S/C17H18N2O3.CH4O/c1-17(2)16(22)18-15-13(9-20)12(7-8-14(15)19-17)10-3-5-11(21)6-4-10;1-2/h3-8,19-21H,9H2,1-2H3,(H,18,22);2H,1H3. The Hall–Kier alpha value is -2.57. The molecule has 128 valence electrons. The number of carbonyl (C=O) groups excluding carboxylic acids is 1. The van der Waals surface area contributed by atoms with Gasteiger partial charge in [-0.05, 0) is 43.2 Å². The van der Waals surface area contributed by atoms with Crippen LogP contribution in [0.1, 0.15) is 19.4 Å². The van der Waals surface area contributed by atoms with E-state index in [2.05, 4.69) is 10.6 Å². The molecule has 1 amide bonds. The van der Waals surface area contributed by atoms with Gasteiger partial charge in [0, 0.05) is 12.7 Å². The number of fused-ring (bicyclic) bond motifs is 1. The molecule has 1 heterocycles. The van der Waals surface area contributed by atoms with Crippen LogP contribution < -0.4 is 10.6 Å². The molecule has 0 bridgehead atoms. The average Bonchev–Trinajstić information content (AvgIpc) is 2.57. The van der Waals surface area contributed by atoms with Gasteiger partial charge in [-0.25, -0.2) is 0 Å². The van der Waals surface area contributed by atoms with Gasteiger partial charge in [0.2, 0.25) is 5.91 Å². The molecule has 0 aromatic heterocycles. The third kappa shape index (κ3) is 3.20. The number of amides is 1. The SMILES string of the molecule is CC1(C)Nc2ccc(-c3ccc(O)cc3)c(CO)c2NC1=O.CO. The summed E-state index contributed by atoms with van der Waals surface area (Å²) in [5, 5.41) is 32.2. The summed E-state index contributed by atoms with van der Waals surface area (Å²) >= 11 is 0. The van der Waals surface area contributed by atoms with E-state index in [1.165, 1.54) is 0 Å². The molecule has 0 saturated carbocycles. The molecule has 0 fully saturated rings. The fourth-order valence-corrected chi connectivity index (χ4v) is 2.63. The number of phenolic OH excluding ortho intramolecular Hbond substituents is 1. The molecule has 3 rings (SSSR count). The second kappa shape index (κ2) is 6.90. The number of nitrogens with one attached hydrogen (secondary N) is 2. The maximum absolute atomic E-state index is 12.2. The van der Waals surface area contributed by atoms with Crippen molar-refractivity contribution in [3.05, 3.63) is 42.0 Å². The summed E-state index contributed by atoms with van der Waals surface area (Å²) in [6.45, 7) is 3.41. The summed E-state index contributed by atoms with van der Waals surface area (Å²) in [6, 6.07) is 10.5. The molecule has 1 aliphatic heterocycles. The number of hydrogen-bond acceptors (Lipinski definition) is 5. The molecule has 0 saturated heterocycles. The van der Waals surface area contributed by atoms with Crippen LogP contribution in [0.4, 0.5) is 11.4 Å². The molecule has 0 spiro atoms. The first-order valence-electron chi connectivity index (χ1n) is 7.53. The first kappa shape index (κ1) is 17.8. The van der Waals surface area contributed by atoms with E-state index in [9.17, 15) is 15.0 Å². The van der Waals surface area contributed by atoms with E-state index < -0.39 is 5.54 Å². The topological polar surface area (TPSA) is 102 Å². The molecule has 24 heavy (non-hydrogen) atoms. The van der Waals surface area contributed by atoms with Crippen molar-refractivity contribution in [3.63, 3.8) is 0 Å². The van der Waals surface area contributed by atoms with Crippen LogP contribution in [0.3, 0.4) is 0 Å². The van der Waals surface area contributed by atoms with Gasteiger partial charge in [-0.3, -0.25) is 4.79 Å². The van der Waals surface area contributed by atoms with E-state index in [0.29, 0.717) is 11.3 Å². The van der Waals surface area contributed by atoms with Gasteiger partial charge in [0.05, 0.1) is 18.0 Å². The van der Waals surface area contributed by atoms with Gasteiger partial charge < -0.3 is 26.0 Å². The second-order valence-corrected chi connectivity index (χ2v) is 5.92. The van der Waals surface area contributed by atoms with Gasteiger partial charge in [-0.15, -0.1) is 0 Å². The Bertz CT molecular complexity index is 739. The molecule has 0 atom stereocenters. The van der Waals surface area contributed by atoms with E-state index in [1.54, 1.807) is 38.1 Å². The van der Waals surface area contributed by atoms with E-state index in [1.807, 2.05) is 12.1 Å². The Balaban J connectivity index is 0.00000100. The van der Waals surface area contributed by atoms with E-state index in [-0.39, 0.29) is 18.3 Å². The summed E-state index contributed by atoms with van der Waals surface area (Å²) < 4.78 is 0. The van der Waals surface area contributed by atoms with Crippen LogP contribution in [-0.2, 0) is 11.4 Å². The largest absolute Gasteiger partial charge is 0.508 e. The molecule has 6 nitrogen and oxygen atoms in total. The van der Waals surface area contributed by atoms with Crippen LogP contribution in [0.15, 0.2) is 36.4 Å². The van der Waals surface area contributed by atoms with Crippen molar-refractivity contribution >= 4 is 17.3 Å². The molecular weight excluding hydrogens is 308 g/mol. The number of aliphatic hydroxyl groups excluding tert-OH is 2. The number of hydrogen-bond donors (Lipinski definition) is 5. The fraction of sp³-hybridized carbons (Fsp3) is 0.278. The Morgan fingerprint density at radius 3 is 2.25 bits per heavy atom. The summed E-state index contributed by atoms with van der Waals surface area (Å²) in [5.74, 6) is 0.0431. The maximum atomic E-state index is 12.2. The molecule has 5 N–H and O–H groups in total. The summed E-state index contributed by atoms with van der Waals surface area (Å²) in [6.07, 6.45) is 0. The monoisotopic (exact) mass is 330 g/mol. The minimum absolute atomic E-state index is 0.141. The van der Waals surface area contributed by atoms with E-state index in [0.717, 1.165) is 23.9 Å². The number of carbonyl (C=O) groups is 1. The molecule has 0 unspecified atom stereocenters. The molecular formula is C18H22N2O4. The lowest BCUT2D eigenvalue weighted by Gasteiger charge is -2.34. The third-order valence-corrected chi connectivity index (χ3v) is 3.90. The van der Waals surface area contributed by atoms with Crippen LogP contribution in [0.25, 0.3) is 11.1 Å². The maximum Gasteiger partial charge on any atom is 0.249 e. The molecule has 0 aliphatic carbocycles. The number of phenols is 1. The van der Waals surface area contributed by atoms with Crippen molar-refractivity contribution in [1.29, 1.82) is 0 Å². The predicted octanol–water partition coefficient (Wildman–Crippen LogP) is 2.30. The van der Waals surface area contributed by atoms with E-state index in [4.69, 9.17) is 5.11 Å². The molecule has 6 heteroatoms. The van der Waals surface area contributed by atoms with Crippen molar-refractivity contribution in [2.24, 2.45) is 0 Å². The van der Waals surface area contributed by atoms with Crippen LogP contribution in [0.5, 0.6) is 5.75 Å². The number of rotatable bonds is 2. The van der Waals surface area contributed by atoms with Crippen molar-refractivity contribution < 1.29 is 20.1 Å². The molecule has 2 aromatic rings. The highest BCUT2D eigenvalue weighted by Crippen LogP contribution is 2.39. The quantitative estimate of drug-likeness (QED) is 0.581. The minimum atomic E-state index is -0.695. The van der Waals surface area contributed by atoms with Crippen LogP contribution in [-0.4, -0.2) is 33.9 Å². The smallest absolute Gasteiger partial charge is 0.249 e. The predicted molar refractivity (Wildman–Crippen MR) is 93.9 cm³/mol. The van der Waals surface area contributed by atoms with Crippen LogP contribution in [0, 0.1) is 0 Å². The van der Waals surface area contributed by atoms with Crippen molar-refractivity contribution in [1.82, 2.24) is 0 Å². The Labute approximate surface area is 140 Å². The van der Waals surface area contributed by atoms with Crippen molar-refractivity contribution in [3.8, 4) is 16.9 Å². The Morgan fingerprint density at radius 1 is 1.04 bits per heavy atom. The lowest BCUT2D eigenvalue weighted by molar-refractivity contribution is -0.119. The zero-order chi connectivity index (χ0) is 17.9. The second-order valence-electron chi connectivity index (χ2n) is 5.92. The first-order valence-corrected chi connectivity index (χ1v) is 7.53. The molecule has 2 aromatic carbocycles. The zero-order valence-electron chi connectivity index (χ0n) is 13.9. The van der Waals surface area contributed by atoms with E-state index >= 15 is 0 Å². The number of anilines is 2. The van der Waals surface area contributed by atoms with Crippen LogP contribution >= 0.6 is 0 Å². The molecule has 0 radical (unpaired) electrons. The van der Waals surface area contributed by atoms with Crippen LogP contribution in [0.2, 0.25) is 0 Å². The Morgan fingerprint density at radius 2 is 1.67 bits per heavy atom. The summed E-state index contributed by atoms with van der Waals surface area (Å²) in [4.78, 5) is 12.2. The van der Waals surface area contributed by atoms with Crippen molar-refractivity contribution in [2.75, 3.05) is 17.7 Å². The third-order valence-electron chi connectivity index (χ3n) is 3.90. The number of aromatic hydroxyl groups is 1. The highest BCUT2D eigenvalue weighted by molar-refractivity contribution is 6.07. The average molecular weight is 330 g/mol. The lowest BCUT2D eigenvalue weighted by Crippen LogP contribution is -2.47. The minimum Gasteiger partial charge on any atom is -0.508 e. The fourth-order valence-electron chi connectivity index (χ4n) is 2.63. The highest BCUT2D eigenvalue weighted by Gasteiger charge is 2.34. The summed E-state index contributed by atoms with van der Waals surface area (Å²) in [7, 11) is 1.00. The lowest BCUT2D eigenvalue weighted by atomic mass is 9.93. The number of aliphatic hydroxyl groups is 2. The highest BCUT2D eigenvalue weighted by atomic mass is 16.3. The number of benzene rings is 2. The summed E-state index contributed by atoms with van der Waals surface area (Å²) in [5.41, 5.74) is 3.04. The van der Waals surface area contributed by atoms with Crippen molar-refractivity contribution in [2.45, 2.75) is 26.0 Å². The normalized spacial score (nSPS) is 14.6. The molecule has 1 aliphatic rings. The zero-order valence-corrected chi connectivity index (χ0v) is 13.9. The first-order chi connectivity index (χ1) is 11.4. The van der Waals surface area contributed by atoms with Gasteiger partial charge in [0.25, 0.3) is 0 Å². The van der Waals surface area contributed by atoms with Gasteiger partial charge >= 0.3 is 0 Å². The van der Waals surface area contributed by atoms with Gasteiger partial charge in [0.15, 0.2) is 0 Å². The van der Waals surface area contributed by atoms with Gasteiger partial charge in [-0.2, -0.15) is 0 Å². The Kier molecular flexibility index (Phi) is 5.11. The van der Waals surface area contributed by atoms with Gasteiger partial charge in [-0.1, -0.05) is 18.2 Å².